The quantitative estimate of drug-likeness (QED) is 0.234. The number of ketones is 1. The number of anilines is 2. The number of hydrazine groups is 1. The monoisotopic (exact) mass is 479 g/mol. The first-order chi connectivity index (χ1) is 15.2. The number of thiocarbonyl (C=S) groups is 1. The van der Waals surface area contributed by atoms with Crippen molar-refractivity contribution in [1.82, 2.24) is 9.73 Å². The highest BCUT2D eigenvalue weighted by Crippen LogP contribution is 2.29. The fraction of sp³-hybridized carbons (Fsp3) is 0.263. The maximum Gasteiger partial charge on any atom is 0.295 e. The molecule has 0 radical (unpaired) electrons. The van der Waals surface area contributed by atoms with Crippen LogP contribution in [-0.2, 0) is 14.8 Å². The van der Waals surface area contributed by atoms with E-state index in [1.807, 2.05) is 0 Å². The molecular formula is C19H21N5O6S2. The molecule has 3 rings (SSSR count). The summed E-state index contributed by atoms with van der Waals surface area (Å²) < 4.78 is 31.9. The Morgan fingerprint density at radius 2 is 1.81 bits per heavy atom. The molecule has 1 fully saturated rings. The molecule has 0 amide bonds. The van der Waals surface area contributed by atoms with Gasteiger partial charge in [-0.15, -0.1) is 0 Å². The standard InChI is InChI=1S/C19H21N5O6S2/c1-13(25)14-2-4-15(5-3-14)20-19(31)22-21-17-7-6-16(12-18(17)24(26)27)32(28,29)23-8-10-30-11-9-23/h2-7,12,21H,8-11H2,1H3,(H2,20,22,31). The third kappa shape index (κ3) is 5.56. The summed E-state index contributed by atoms with van der Waals surface area (Å²) in [7, 11) is -3.88. The Balaban J connectivity index is 1.70. The van der Waals surface area contributed by atoms with Gasteiger partial charge in [-0.25, -0.2) is 8.42 Å². The van der Waals surface area contributed by atoms with Crippen LogP contribution in [0.2, 0.25) is 0 Å². The van der Waals surface area contributed by atoms with Gasteiger partial charge in [0.15, 0.2) is 10.9 Å². The molecule has 2 aromatic rings. The van der Waals surface area contributed by atoms with Gasteiger partial charge in [0.25, 0.3) is 5.69 Å². The Hall–Kier alpha value is -3.13. The zero-order chi connectivity index (χ0) is 23.3. The number of nitro groups is 1. The summed E-state index contributed by atoms with van der Waals surface area (Å²) >= 11 is 5.16. The van der Waals surface area contributed by atoms with E-state index in [9.17, 15) is 23.3 Å². The first-order valence-electron chi connectivity index (χ1n) is 9.49. The Bertz CT molecular complexity index is 1130. The number of nitro benzene ring substituents is 1. The van der Waals surface area contributed by atoms with Crippen LogP contribution in [0, 0.1) is 10.1 Å². The van der Waals surface area contributed by atoms with Crippen LogP contribution in [0.25, 0.3) is 0 Å². The lowest BCUT2D eigenvalue weighted by atomic mass is 10.1. The van der Waals surface area contributed by atoms with Crippen LogP contribution < -0.4 is 16.2 Å². The minimum absolute atomic E-state index is 0.0343. The molecule has 32 heavy (non-hydrogen) atoms. The van der Waals surface area contributed by atoms with Gasteiger partial charge in [0.05, 0.1) is 23.0 Å². The van der Waals surface area contributed by atoms with Gasteiger partial charge < -0.3 is 10.1 Å². The molecule has 1 aliphatic rings. The predicted octanol–water partition coefficient (Wildman–Crippen LogP) is 2.13. The van der Waals surface area contributed by atoms with Gasteiger partial charge in [0.1, 0.15) is 5.69 Å². The number of ether oxygens (including phenoxy) is 1. The van der Waals surface area contributed by atoms with Crippen LogP contribution >= 0.6 is 12.2 Å². The smallest absolute Gasteiger partial charge is 0.295 e. The molecule has 11 nitrogen and oxygen atoms in total. The maximum absolute atomic E-state index is 12.8. The Morgan fingerprint density at radius 3 is 2.41 bits per heavy atom. The van der Waals surface area contributed by atoms with E-state index in [0.29, 0.717) is 11.3 Å². The molecule has 0 bridgehead atoms. The van der Waals surface area contributed by atoms with Crippen molar-refractivity contribution in [2.75, 3.05) is 37.0 Å². The van der Waals surface area contributed by atoms with E-state index in [-0.39, 0.29) is 47.8 Å². The number of rotatable bonds is 7. The van der Waals surface area contributed by atoms with Gasteiger partial charge in [-0.2, -0.15) is 4.31 Å². The number of benzene rings is 2. The van der Waals surface area contributed by atoms with Crippen LogP contribution in [0.4, 0.5) is 17.1 Å². The summed E-state index contributed by atoms with van der Waals surface area (Å²) in [5, 5.41) is 14.5. The average molecular weight is 480 g/mol. The second-order valence-electron chi connectivity index (χ2n) is 6.79. The fourth-order valence-corrected chi connectivity index (χ4v) is 4.54. The van der Waals surface area contributed by atoms with E-state index < -0.39 is 20.6 Å². The summed E-state index contributed by atoms with van der Waals surface area (Å²) in [5.41, 5.74) is 6.01. The van der Waals surface area contributed by atoms with Gasteiger partial charge in [0, 0.05) is 30.4 Å². The van der Waals surface area contributed by atoms with Crippen molar-refractivity contribution in [3.8, 4) is 0 Å². The van der Waals surface area contributed by atoms with Crippen molar-refractivity contribution in [2.24, 2.45) is 0 Å². The lowest BCUT2D eigenvalue weighted by Crippen LogP contribution is -2.40. The van der Waals surface area contributed by atoms with Gasteiger partial charge in [-0.3, -0.25) is 25.8 Å². The third-order valence-electron chi connectivity index (χ3n) is 4.63. The molecule has 1 saturated heterocycles. The fourth-order valence-electron chi connectivity index (χ4n) is 2.94. The van der Waals surface area contributed by atoms with Crippen molar-refractivity contribution < 1.29 is 22.9 Å². The molecule has 2 aromatic carbocycles. The zero-order valence-corrected chi connectivity index (χ0v) is 18.7. The Morgan fingerprint density at radius 1 is 1.16 bits per heavy atom. The van der Waals surface area contributed by atoms with Gasteiger partial charge in [-0.1, -0.05) is 0 Å². The summed E-state index contributed by atoms with van der Waals surface area (Å²) in [4.78, 5) is 22.0. The molecule has 0 atom stereocenters. The van der Waals surface area contributed by atoms with Crippen LogP contribution in [-0.4, -0.2) is 54.8 Å². The summed E-state index contributed by atoms with van der Waals surface area (Å²) in [6, 6.07) is 10.2. The molecule has 1 heterocycles. The van der Waals surface area contributed by atoms with E-state index in [1.165, 1.54) is 23.4 Å². The average Bonchev–Trinajstić information content (AvgIpc) is 2.78. The Kier molecular flexibility index (Phi) is 7.35. The minimum Gasteiger partial charge on any atom is -0.379 e. The van der Waals surface area contributed by atoms with E-state index in [0.717, 1.165) is 6.07 Å². The predicted molar refractivity (Wildman–Crippen MR) is 122 cm³/mol. The first kappa shape index (κ1) is 23.5. The van der Waals surface area contributed by atoms with E-state index in [4.69, 9.17) is 17.0 Å². The number of hydrogen-bond donors (Lipinski definition) is 3. The lowest BCUT2D eigenvalue weighted by molar-refractivity contribution is -0.384. The molecule has 0 spiro atoms. The number of Topliss-reactive ketones (excluding diaryl/α,β-unsaturated/α-hetero) is 1. The topological polar surface area (TPSA) is 143 Å². The molecule has 0 unspecified atom stereocenters. The van der Waals surface area contributed by atoms with Crippen molar-refractivity contribution in [1.29, 1.82) is 0 Å². The van der Waals surface area contributed by atoms with Crippen LogP contribution in [0.3, 0.4) is 0 Å². The molecule has 13 heteroatoms. The Labute approximate surface area is 189 Å². The first-order valence-corrected chi connectivity index (χ1v) is 11.3. The molecule has 170 valence electrons. The van der Waals surface area contributed by atoms with Crippen molar-refractivity contribution >= 4 is 50.2 Å². The molecule has 0 aliphatic carbocycles. The summed E-state index contributed by atoms with van der Waals surface area (Å²) in [5.74, 6) is -0.0645. The molecular weight excluding hydrogens is 458 g/mol. The SMILES string of the molecule is CC(=O)c1ccc(NC(=S)NNc2ccc(S(=O)(=O)N3CCOCC3)cc2[N+](=O)[O-])cc1. The third-order valence-corrected chi connectivity index (χ3v) is 6.73. The van der Waals surface area contributed by atoms with Gasteiger partial charge >= 0.3 is 0 Å². The highest BCUT2D eigenvalue weighted by atomic mass is 32.2. The van der Waals surface area contributed by atoms with Crippen molar-refractivity contribution in [3.05, 3.63) is 58.1 Å². The number of nitrogens with zero attached hydrogens (tertiary/aromatic N) is 2. The molecule has 3 N–H and O–H groups in total. The van der Waals surface area contributed by atoms with E-state index in [2.05, 4.69) is 16.2 Å². The number of sulfonamides is 1. The second-order valence-corrected chi connectivity index (χ2v) is 9.14. The largest absolute Gasteiger partial charge is 0.379 e. The number of hydrogen-bond acceptors (Lipinski definition) is 8. The van der Waals surface area contributed by atoms with Crippen LogP contribution in [0.5, 0.6) is 0 Å². The van der Waals surface area contributed by atoms with Gasteiger partial charge in [-0.05, 0) is 55.5 Å². The molecule has 1 aliphatic heterocycles. The highest BCUT2D eigenvalue weighted by molar-refractivity contribution is 7.89. The van der Waals surface area contributed by atoms with Gasteiger partial charge in [0.2, 0.25) is 10.0 Å². The number of morpholine rings is 1. The lowest BCUT2D eigenvalue weighted by Gasteiger charge is -2.26. The van der Waals surface area contributed by atoms with E-state index in [1.54, 1.807) is 24.3 Å². The maximum atomic E-state index is 12.8. The number of carbonyl (C=O) groups is 1. The second kappa shape index (κ2) is 9.99. The van der Waals surface area contributed by atoms with Crippen molar-refractivity contribution in [3.63, 3.8) is 0 Å². The summed E-state index contributed by atoms with van der Waals surface area (Å²) in [6.45, 7) is 2.37. The molecule has 0 aromatic heterocycles. The minimum atomic E-state index is -3.88. The summed E-state index contributed by atoms with van der Waals surface area (Å²) in [6.07, 6.45) is 0. The van der Waals surface area contributed by atoms with Crippen LogP contribution in [0.15, 0.2) is 47.4 Å². The molecule has 0 saturated carbocycles. The van der Waals surface area contributed by atoms with E-state index >= 15 is 0 Å². The normalized spacial score (nSPS) is 14.4. The van der Waals surface area contributed by atoms with Crippen LogP contribution in [0.1, 0.15) is 17.3 Å². The number of nitrogens with one attached hydrogen (secondary N) is 3. The van der Waals surface area contributed by atoms with Crippen molar-refractivity contribution in [2.45, 2.75) is 11.8 Å². The highest BCUT2D eigenvalue weighted by Gasteiger charge is 2.28. The number of carbonyl (C=O) groups excluding carboxylic acids is 1. The zero-order valence-electron chi connectivity index (χ0n) is 17.0.